The van der Waals surface area contributed by atoms with Gasteiger partial charge in [-0.3, -0.25) is 9.59 Å². The van der Waals surface area contributed by atoms with Crippen LogP contribution < -0.4 is 0 Å². The van der Waals surface area contributed by atoms with Crippen molar-refractivity contribution >= 4 is 11.8 Å². The van der Waals surface area contributed by atoms with E-state index in [4.69, 9.17) is 4.74 Å². The molecule has 0 aliphatic heterocycles. The maximum atomic E-state index is 12.1. The van der Waals surface area contributed by atoms with Gasteiger partial charge in [0.05, 0.1) is 13.0 Å². The maximum Gasteiger partial charge on any atom is 0.306 e. The molecule has 16 heavy (non-hydrogen) atoms. The average Bonchev–Trinajstić information content (AvgIpc) is 2.20. The van der Waals surface area contributed by atoms with Crippen molar-refractivity contribution in [3.8, 4) is 0 Å². The maximum absolute atomic E-state index is 12.1. The van der Waals surface area contributed by atoms with Gasteiger partial charge in [-0.25, -0.2) is 0 Å². The monoisotopic (exact) mass is 224 g/mol. The number of esters is 1. The first-order valence-corrected chi connectivity index (χ1v) is 6.16. The van der Waals surface area contributed by atoms with Gasteiger partial charge < -0.3 is 4.74 Å². The molecule has 0 spiro atoms. The molecule has 0 unspecified atom stereocenters. The molecule has 0 aromatic carbocycles. The first-order chi connectivity index (χ1) is 7.46. The number of fused-ring (bicyclic) bond motifs is 2. The van der Waals surface area contributed by atoms with Crippen LogP contribution in [-0.2, 0) is 14.3 Å². The molecule has 2 bridgehead atoms. The van der Waals surface area contributed by atoms with Crippen molar-refractivity contribution in [2.24, 2.45) is 23.2 Å². The molecule has 0 amide bonds. The van der Waals surface area contributed by atoms with Crippen LogP contribution in [-0.4, -0.2) is 18.4 Å². The zero-order valence-electron chi connectivity index (χ0n) is 10.3. The fourth-order valence-electron chi connectivity index (χ4n) is 3.25. The molecular formula is C13H20O3. The van der Waals surface area contributed by atoms with Gasteiger partial charge in [0.15, 0.2) is 0 Å². The van der Waals surface area contributed by atoms with Crippen molar-refractivity contribution in [2.45, 2.75) is 40.0 Å². The Hall–Kier alpha value is -0.860. The Balaban J connectivity index is 1.96. The molecule has 3 aliphatic rings. The lowest BCUT2D eigenvalue weighted by atomic mass is 9.46. The predicted octanol–water partition coefficient (Wildman–Crippen LogP) is 2.19. The van der Waals surface area contributed by atoms with Crippen LogP contribution >= 0.6 is 0 Å². The Kier molecular flexibility index (Phi) is 2.81. The van der Waals surface area contributed by atoms with E-state index >= 15 is 0 Å². The molecule has 3 nitrogen and oxygen atoms in total. The van der Waals surface area contributed by atoms with Crippen LogP contribution in [0, 0.1) is 23.2 Å². The topological polar surface area (TPSA) is 43.4 Å². The zero-order valence-corrected chi connectivity index (χ0v) is 10.3. The molecule has 3 aliphatic carbocycles. The van der Waals surface area contributed by atoms with E-state index < -0.39 is 0 Å². The summed E-state index contributed by atoms with van der Waals surface area (Å²) in [4.78, 5) is 23.5. The summed E-state index contributed by atoms with van der Waals surface area (Å²) in [6, 6.07) is 0. The number of Topliss-reactive ketones (excluding diaryl/α,β-unsaturated/α-hetero) is 1. The largest absolute Gasteiger partial charge is 0.466 e. The van der Waals surface area contributed by atoms with Gasteiger partial charge in [0.2, 0.25) is 0 Å². The lowest BCUT2D eigenvalue weighted by Crippen LogP contribution is -2.56. The van der Waals surface area contributed by atoms with Gasteiger partial charge in [0.25, 0.3) is 0 Å². The van der Waals surface area contributed by atoms with Crippen LogP contribution in [0.2, 0.25) is 0 Å². The minimum atomic E-state index is -0.222. The third-order valence-corrected chi connectivity index (χ3v) is 4.50. The molecular weight excluding hydrogens is 204 g/mol. The number of ether oxygens (including phenoxy) is 1. The number of carbonyl (C=O) groups excluding carboxylic acids is 2. The third kappa shape index (κ3) is 1.66. The van der Waals surface area contributed by atoms with Gasteiger partial charge in [-0.15, -0.1) is 0 Å². The first kappa shape index (κ1) is 11.6. The molecule has 3 rings (SSSR count). The Morgan fingerprint density at radius 2 is 2.12 bits per heavy atom. The summed E-state index contributed by atoms with van der Waals surface area (Å²) in [5.41, 5.74) is 0.169. The molecule has 3 heteroatoms. The second-order valence-corrected chi connectivity index (χ2v) is 5.65. The third-order valence-electron chi connectivity index (χ3n) is 4.50. The van der Waals surface area contributed by atoms with Gasteiger partial charge in [0, 0.05) is 11.8 Å². The molecule has 0 aromatic heterocycles. The van der Waals surface area contributed by atoms with Crippen LogP contribution in [0.15, 0.2) is 0 Å². The molecule has 0 heterocycles. The second-order valence-electron chi connectivity index (χ2n) is 5.65. The highest BCUT2D eigenvalue weighted by molar-refractivity contribution is 5.89. The fraction of sp³-hybridized carbons (Fsp3) is 0.846. The summed E-state index contributed by atoms with van der Waals surface area (Å²) < 4.78 is 4.90. The second kappa shape index (κ2) is 3.86. The van der Waals surface area contributed by atoms with E-state index in [2.05, 4.69) is 13.8 Å². The summed E-state index contributed by atoms with van der Waals surface area (Å²) in [5.74, 6) is 0.802. The fourth-order valence-corrected chi connectivity index (χ4v) is 3.25. The number of hydrogen-bond acceptors (Lipinski definition) is 3. The number of ketones is 1. The smallest absolute Gasteiger partial charge is 0.306 e. The van der Waals surface area contributed by atoms with E-state index in [-0.39, 0.29) is 29.6 Å². The van der Waals surface area contributed by atoms with E-state index in [0.717, 1.165) is 12.8 Å². The Labute approximate surface area is 96.5 Å². The minimum absolute atomic E-state index is 0.0733. The van der Waals surface area contributed by atoms with E-state index in [1.54, 1.807) is 6.92 Å². The number of rotatable bonds is 3. The lowest BCUT2D eigenvalue weighted by molar-refractivity contribution is -0.162. The van der Waals surface area contributed by atoms with Crippen molar-refractivity contribution in [3.05, 3.63) is 0 Å². The van der Waals surface area contributed by atoms with Crippen LogP contribution in [0.5, 0.6) is 0 Å². The molecule has 3 atom stereocenters. The van der Waals surface area contributed by atoms with Gasteiger partial charge >= 0.3 is 5.97 Å². The predicted molar refractivity (Wildman–Crippen MR) is 59.7 cm³/mol. The van der Waals surface area contributed by atoms with Gasteiger partial charge in [0.1, 0.15) is 5.78 Å². The summed E-state index contributed by atoms with van der Waals surface area (Å²) in [7, 11) is 0. The van der Waals surface area contributed by atoms with Crippen LogP contribution in [0.3, 0.4) is 0 Å². The normalized spacial score (nSPS) is 35.4. The van der Waals surface area contributed by atoms with Gasteiger partial charge in [-0.05, 0) is 31.1 Å². The minimum Gasteiger partial charge on any atom is -0.466 e. The van der Waals surface area contributed by atoms with Crippen LogP contribution in [0.1, 0.15) is 40.0 Å². The van der Waals surface area contributed by atoms with Crippen LogP contribution in [0.4, 0.5) is 0 Å². The van der Waals surface area contributed by atoms with Crippen molar-refractivity contribution in [1.82, 2.24) is 0 Å². The van der Waals surface area contributed by atoms with Crippen LogP contribution in [0.25, 0.3) is 0 Å². The highest BCUT2D eigenvalue weighted by Crippen LogP contribution is 2.59. The average molecular weight is 224 g/mol. The molecule has 0 radical (unpaired) electrons. The standard InChI is InChI=1S/C13H20O3/c1-4-16-11(14)6-8-5-9-7-10(12(8)15)13(9,2)3/h8-10H,4-7H2,1-3H3/t8-,9-,10-/m1/s1. The van der Waals surface area contributed by atoms with Gasteiger partial charge in [-0.1, -0.05) is 13.8 Å². The van der Waals surface area contributed by atoms with E-state index in [9.17, 15) is 9.59 Å². The van der Waals surface area contributed by atoms with E-state index in [0.29, 0.717) is 18.3 Å². The molecule has 0 aromatic rings. The molecule has 90 valence electrons. The summed E-state index contributed by atoms with van der Waals surface area (Å²) in [6.45, 7) is 6.54. The van der Waals surface area contributed by atoms with Crippen molar-refractivity contribution in [1.29, 1.82) is 0 Å². The van der Waals surface area contributed by atoms with Crippen molar-refractivity contribution in [2.75, 3.05) is 6.61 Å². The zero-order chi connectivity index (χ0) is 11.9. The molecule has 3 saturated carbocycles. The molecule has 0 saturated heterocycles. The number of hydrogen-bond donors (Lipinski definition) is 0. The highest BCUT2D eigenvalue weighted by Gasteiger charge is 2.57. The SMILES string of the molecule is CCOC(=O)C[C@H]1C[C@@H]2C[C@H](C1=O)C2(C)C. The quantitative estimate of drug-likeness (QED) is 0.690. The van der Waals surface area contributed by atoms with E-state index in [1.807, 2.05) is 0 Å². The van der Waals surface area contributed by atoms with Gasteiger partial charge in [-0.2, -0.15) is 0 Å². The lowest BCUT2D eigenvalue weighted by Gasteiger charge is -2.57. The van der Waals surface area contributed by atoms with Crippen molar-refractivity contribution in [3.63, 3.8) is 0 Å². The number of carbonyl (C=O) groups is 2. The summed E-state index contributed by atoms with van der Waals surface area (Å²) >= 11 is 0. The Bertz CT molecular complexity index is 319. The van der Waals surface area contributed by atoms with Crippen molar-refractivity contribution < 1.29 is 14.3 Å². The Morgan fingerprint density at radius 3 is 2.62 bits per heavy atom. The first-order valence-electron chi connectivity index (χ1n) is 6.16. The highest BCUT2D eigenvalue weighted by atomic mass is 16.5. The Morgan fingerprint density at radius 1 is 1.44 bits per heavy atom. The molecule has 0 N–H and O–H groups in total. The summed E-state index contributed by atoms with van der Waals surface area (Å²) in [6.07, 6.45) is 2.20. The molecule has 3 fully saturated rings. The van der Waals surface area contributed by atoms with E-state index in [1.165, 1.54) is 0 Å². The summed E-state index contributed by atoms with van der Waals surface area (Å²) in [5, 5.41) is 0.